The second-order valence-electron chi connectivity index (χ2n) is 5.89. The molecule has 2 aromatic carbocycles. The summed E-state index contributed by atoms with van der Waals surface area (Å²) in [6.45, 7) is 7.52. The van der Waals surface area contributed by atoms with E-state index in [2.05, 4.69) is 20.7 Å². The van der Waals surface area contributed by atoms with Crippen molar-refractivity contribution in [3.05, 3.63) is 51.5 Å². The van der Waals surface area contributed by atoms with Crippen molar-refractivity contribution in [2.45, 2.75) is 38.5 Å². The van der Waals surface area contributed by atoms with Gasteiger partial charge in [-0.1, -0.05) is 31.5 Å². The van der Waals surface area contributed by atoms with Gasteiger partial charge in [-0.3, -0.25) is 4.72 Å². The van der Waals surface area contributed by atoms with E-state index in [9.17, 15) is 13.5 Å². The van der Waals surface area contributed by atoms with E-state index >= 15 is 0 Å². The molecule has 0 aliphatic heterocycles. The highest BCUT2D eigenvalue weighted by molar-refractivity contribution is 9.10. The molecule has 0 amide bonds. The molecule has 0 atom stereocenters. The summed E-state index contributed by atoms with van der Waals surface area (Å²) in [6.07, 6.45) is 0. The third-order valence-corrected chi connectivity index (χ3v) is 5.81. The maximum absolute atomic E-state index is 12.6. The number of nitrogens with one attached hydrogen (secondary N) is 1. The van der Waals surface area contributed by atoms with Gasteiger partial charge in [0.25, 0.3) is 10.0 Å². The number of benzene rings is 2. The molecule has 0 fully saturated rings. The summed E-state index contributed by atoms with van der Waals surface area (Å²) in [5.41, 5.74) is 2.80. The number of halogens is 1. The minimum atomic E-state index is -3.68. The lowest BCUT2D eigenvalue weighted by Crippen LogP contribution is -2.15. The third kappa shape index (κ3) is 3.70. The second kappa shape index (κ2) is 6.53. The zero-order chi connectivity index (χ0) is 17.4. The van der Waals surface area contributed by atoms with Crippen molar-refractivity contribution in [2.24, 2.45) is 0 Å². The molecule has 0 heterocycles. The summed E-state index contributed by atoms with van der Waals surface area (Å²) in [5.74, 6) is 0.165. The van der Waals surface area contributed by atoms with Crippen LogP contribution in [0.2, 0.25) is 0 Å². The highest BCUT2D eigenvalue weighted by atomic mass is 79.9. The number of hydrogen-bond donors (Lipinski definition) is 2. The molecule has 4 nitrogen and oxygen atoms in total. The fraction of sp³-hybridized carbons (Fsp3) is 0.294. The molecule has 0 unspecified atom stereocenters. The minimum absolute atomic E-state index is 0.0339. The summed E-state index contributed by atoms with van der Waals surface area (Å²) in [6, 6.07) is 8.33. The summed E-state index contributed by atoms with van der Waals surface area (Å²) < 4.78 is 28.4. The molecular weight excluding hydrogens is 378 g/mol. The zero-order valence-corrected chi connectivity index (χ0v) is 15.9. The molecule has 0 saturated heterocycles. The van der Waals surface area contributed by atoms with Crippen LogP contribution < -0.4 is 4.72 Å². The fourth-order valence-corrected chi connectivity index (χ4v) is 4.41. The fourth-order valence-electron chi connectivity index (χ4n) is 2.35. The van der Waals surface area contributed by atoms with Crippen LogP contribution in [-0.4, -0.2) is 13.5 Å². The average Bonchev–Trinajstić information content (AvgIpc) is 2.44. The van der Waals surface area contributed by atoms with Crippen LogP contribution in [0, 0.1) is 13.8 Å². The Morgan fingerprint density at radius 2 is 1.70 bits per heavy atom. The Bertz CT molecular complexity index is 828. The monoisotopic (exact) mass is 397 g/mol. The van der Waals surface area contributed by atoms with Gasteiger partial charge in [0.05, 0.1) is 15.1 Å². The zero-order valence-electron chi connectivity index (χ0n) is 13.5. The van der Waals surface area contributed by atoms with Crippen LogP contribution in [0.1, 0.15) is 36.5 Å². The number of anilines is 1. The van der Waals surface area contributed by atoms with Gasteiger partial charge < -0.3 is 5.11 Å². The van der Waals surface area contributed by atoms with Crippen molar-refractivity contribution in [1.29, 1.82) is 0 Å². The van der Waals surface area contributed by atoms with Gasteiger partial charge in [0.2, 0.25) is 0 Å². The van der Waals surface area contributed by atoms with Crippen LogP contribution in [0.5, 0.6) is 5.75 Å². The lowest BCUT2D eigenvalue weighted by Gasteiger charge is -2.19. The number of aryl methyl sites for hydroxylation is 2. The lowest BCUT2D eigenvalue weighted by molar-refractivity contribution is 0.466. The Hall–Kier alpha value is -1.53. The predicted molar refractivity (Wildman–Crippen MR) is 96.6 cm³/mol. The van der Waals surface area contributed by atoms with Crippen LogP contribution >= 0.6 is 15.9 Å². The topological polar surface area (TPSA) is 66.4 Å². The maximum atomic E-state index is 12.6. The van der Waals surface area contributed by atoms with Crippen molar-refractivity contribution in [1.82, 2.24) is 0 Å². The van der Waals surface area contributed by atoms with Gasteiger partial charge in [-0.15, -0.1) is 0 Å². The molecule has 0 saturated carbocycles. The van der Waals surface area contributed by atoms with Gasteiger partial charge >= 0.3 is 0 Å². The molecule has 0 aromatic heterocycles. The van der Waals surface area contributed by atoms with Gasteiger partial charge in [0.15, 0.2) is 0 Å². The predicted octanol–water partition coefficient (Wildman–Crippen LogP) is 4.70. The number of sulfonamides is 1. The van der Waals surface area contributed by atoms with Gasteiger partial charge in [0.1, 0.15) is 5.75 Å². The van der Waals surface area contributed by atoms with Gasteiger partial charge in [0, 0.05) is 0 Å². The molecule has 23 heavy (non-hydrogen) atoms. The smallest absolute Gasteiger partial charge is 0.261 e. The van der Waals surface area contributed by atoms with Crippen molar-refractivity contribution in [3.63, 3.8) is 0 Å². The van der Waals surface area contributed by atoms with Crippen molar-refractivity contribution in [3.8, 4) is 5.75 Å². The first kappa shape index (κ1) is 17.8. The van der Waals surface area contributed by atoms with Crippen molar-refractivity contribution in [2.75, 3.05) is 4.72 Å². The molecule has 6 heteroatoms. The number of rotatable bonds is 4. The third-order valence-electron chi connectivity index (χ3n) is 3.62. The molecule has 0 aliphatic carbocycles. The van der Waals surface area contributed by atoms with Crippen LogP contribution in [0.15, 0.2) is 39.7 Å². The van der Waals surface area contributed by atoms with E-state index in [1.165, 1.54) is 0 Å². The van der Waals surface area contributed by atoms with E-state index in [0.29, 0.717) is 15.7 Å². The minimum Gasteiger partial charge on any atom is -0.506 e. The van der Waals surface area contributed by atoms with E-state index < -0.39 is 10.0 Å². The van der Waals surface area contributed by atoms with Gasteiger partial charge in [-0.25, -0.2) is 8.42 Å². The van der Waals surface area contributed by atoms with E-state index in [1.807, 2.05) is 20.8 Å². The Morgan fingerprint density at radius 3 is 2.22 bits per heavy atom. The average molecular weight is 398 g/mol. The summed E-state index contributed by atoms with van der Waals surface area (Å²) in [7, 11) is -3.68. The van der Waals surface area contributed by atoms with Crippen LogP contribution in [0.25, 0.3) is 0 Å². The Kier molecular flexibility index (Phi) is 5.06. The number of phenols is 1. The molecular formula is C17H20BrNO3S. The molecule has 124 valence electrons. The Labute approximate surface area is 145 Å². The summed E-state index contributed by atoms with van der Waals surface area (Å²) in [4.78, 5) is 0.208. The Balaban J connectivity index is 2.53. The molecule has 2 N–H and O–H groups in total. The van der Waals surface area contributed by atoms with Crippen LogP contribution in [0.3, 0.4) is 0 Å². The molecule has 2 rings (SSSR count). The van der Waals surface area contributed by atoms with Crippen LogP contribution in [-0.2, 0) is 10.0 Å². The highest BCUT2D eigenvalue weighted by Crippen LogP contribution is 2.40. The number of hydrogen-bond acceptors (Lipinski definition) is 3. The lowest BCUT2D eigenvalue weighted by atomic mass is 9.99. The van der Waals surface area contributed by atoms with E-state index in [0.717, 1.165) is 11.1 Å². The van der Waals surface area contributed by atoms with E-state index in [1.54, 1.807) is 37.3 Å². The first-order valence-electron chi connectivity index (χ1n) is 7.25. The standard InChI is InChI=1S/C17H20BrNO3S/c1-10(2)15-14(9-12(4)17(20)16(15)18)19-23(21,22)13-7-5-11(3)6-8-13/h5-10,19-20H,1-4H3. The quantitative estimate of drug-likeness (QED) is 0.734. The first-order chi connectivity index (χ1) is 10.6. The molecule has 2 aromatic rings. The van der Waals surface area contributed by atoms with Crippen molar-refractivity contribution < 1.29 is 13.5 Å². The number of aromatic hydroxyl groups is 1. The molecule has 0 aliphatic rings. The van der Waals surface area contributed by atoms with Gasteiger partial charge in [-0.2, -0.15) is 0 Å². The SMILES string of the molecule is Cc1ccc(S(=O)(=O)Nc2cc(C)c(O)c(Br)c2C(C)C)cc1. The van der Waals surface area contributed by atoms with Gasteiger partial charge in [-0.05, 0) is 65.0 Å². The van der Waals surface area contributed by atoms with E-state index in [4.69, 9.17) is 0 Å². The highest BCUT2D eigenvalue weighted by Gasteiger charge is 2.21. The number of phenolic OH excluding ortho intramolecular Hbond substituents is 1. The summed E-state index contributed by atoms with van der Waals surface area (Å²) in [5, 5.41) is 10.1. The normalized spacial score (nSPS) is 11.7. The Morgan fingerprint density at radius 1 is 1.13 bits per heavy atom. The maximum Gasteiger partial charge on any atom is 0.261 e. The van der Waals surface area contributed by atoms with Crippen molar-refractivity contribution >= 4 is 31.6 Å². The molecule has 0 bridgehead atoms. The van der Waals surface area contributed by atoms with E-state index in [-0.39, 0.29) is 16.6 Å². The largest absolute Gasteiger partial charge is 0.506 e. The summed E-state index contributed by atoms with van der Waals surface area (Å²) >= 11 is 3.37. The molecule has 0 spiro atoms. The van der Waals surface area contributed by atoms with Crippen LogP contribution in [0.4, 0.5) is 5.69 Å². The first-order valence-corrected chi connectivity index (χ1v) is 9.52. The second-order valence-corrected chi connectivity index (χ2v) is 8.37. The molecule has 0 radical (unpaired) electrons.